The molecule has 1 aromatic heterocycles. The highest BCUT2D eigenvalue weighted by molar-refractivity contribution is 7.10. The monoisotopic (exact) mass is 200 g/mol. The van der Waals surface area contributed by atoms with Crippen molar-refractivity contribution in [2.75, 3.05) is 14.2 Å². The summed E-state index contributed by atoms with van der Waals surface area (Å²) in [6.45, 7) is 0. The van der Waals surface area contributed by atoms with Crippen molar-refractivity contribution in [3.05, 3.63) is 16.3 Å². The van der Waals surface area contributed by atoms with Gasteiger partial charge in [0.05, 0.1) is 20.6 Å². The highest BCUT2D eigenvalue weighted by atomic mass is 32.1. The number of carbonyl (C=O) groups excluding carboxylic acids is 1. The number of methoxy groups -OCH3 is 2. The topological polar surface area (TPSA) is 35.5 Å². The smallest absolute Gasteiger partial charge is 0.305 e. The Morgan fingerprint density at radius 3 is 2.85 bits per heavy atom. The molecule has 0 saturated carbocycles. The molecule has 72 valence electrons. The first-order valence-electron chi connectivity index (χ1n) is 3.94. The van der Waals surface area contributed by atoms with E-state index in [0.29, 0.717) is 6.42 Å². The molecule has 0 radical (unpaired) electrons. The molecule has 0 aliphatic rings. The molecule has 4 heteroatoms. The fourth-order valence-corrected chi connectivity index (χ4v) is 1.76. The van der Waals surface area contributed by atoms with Crippen LogP contribution in [0.1, 0.15) is 11.3 Å². The number of hydrogen-bond donors (Lipinski definition) is 0. The van der Waals surface area contributed by atoms with Crippen molar-refractivity contribution < 1.29 is 14.3 Å². The Hall–Kier alpha value is -1.03. The summed E-state index contributed by atoms with van der Waals surface area (Å²) in [5.41, 5.74) is 0. The molecule has 0 fully saturated rings. The lowest BCUT2D eigenvalue weighted by Crippen LogP contribution is -2.00. The van der Waals surface area contributed by atoms with Gasteiger partial charge in [-0.25, -0.2) is 0 Å². The normalized spacial score (nSPS) is 9.69. The summed E-state index contributed by atoms with van der Waals surface area (Å²) in [7, 11) is 3.03. The van der Waals surface area contributed by atoms with Crippen molar-refractivity contribution in [2.45, 2.75) is 12.8 Å². The van der Waals surface area contributed by atoms with Gasteiger partial charge in [0.15, 0.2) is 0 Å². The first-order chi connectivity index (χ1) is 6.26. The molecule has 0 N–H and O–H groups in total. The molecule has 0 amide bonds. The lowest BCUT2D eigenvalue weighted by atomic mass is 10.3. The molecule has 0 aromatic carbocycles. The molecule has 13 heavy (non-hydrogen) atoms. The maximum absolute atomic E-state index is 10.8. The van der Waals surface area contributed by atoms with Gasteiger partial charge in [-0.3, -0.25) is 4.79 Å². The number of ether oxygens (including phenoxy) is 2. The Kier molecular flexibility index (Phi) is 3.76. The zero-order chi connectivity index (χ0) is 9.68. The van der Waals surface area contributed by atoms with Crippen LogP contribution in [0, 0.1) is 0 Å². The quantitative estimate of drug-likeness (QED) is 0.696. The van der Waals surface area contributed by atoms with Crippen molar-refractivity contribution in [3.63, 3.8) is 0 Å². The van der Waals surface area contributed by atoms with Crippen LogP contribution in [-0.4, -0.2) is 20.2 Å². The Bertz CT molecular complexity index is 280. The minimum Gasteiger partial charge on any atom is -0.496 e. The zero-order valence-corrected chi connectivity index (χ0v) is 8.52. The van der Waals surface area contributed by atoms with Crippen LogP contribution in [0.5, 0.6) is 5.75 Å². The van der Waals surface area contributed by atoms with Gasteiger partial charge < -0.3 is 9.47 Å². The molecule has 0 atom stereocenters. The number of aryl methyl sites for hydroxylation is 1. The largest absolute Gasteiger partial charge is 0.496 e. The van der Waals surface area contributed by atoms with Crippen molar-refractivity contribution >= 4 is 17.3 Å². The Morgan fingerprint density at radius 2 is 2.31 bits per heavy atom. The van der Waals surface area contributed by atoms with E-state index in [9.17, 15) is 4.79 Å². The van der Waals surface area contributed by atoms with Gasteiger partial charge >= 0.3 is 5.97 Å². The van der Waals surface area contributed by atoms with E-state index < -0.39 is 0 Å². The zero-order valence-electron chi connectivity index (χ0n) is 7.70. The van der Waals surface area contributed by atoms with E-state index in [0.717, 1.165) is 17.0 Å². The molecule has 0 bridgehead atoms. The second kappa shape index (κ2) is 4.87. The van der Waals surface area contributed by atoms with Gasteiger partial charge in [-0.1, -0.05) is 0 Å². The average molecular weight is 200 g/mol. The summed E-state index contributed by atoms with van der Waals surface area (Å²) < 4.78 is 9.56. The summed E-state index contributed by atoms with van der Waals surface area (Å²) in [4.78, 5) is 12.0. The highest BCUT2D eigenvalue weighted by Gasteiger charge is 2.03. The molecule has 1 rings (SSSR count). The predicted molar refractivity (Wildman–Crippen MR) is 51.2 cm³/mol. The molecule has 1 heterocycles. The SMILES string of the molecule is COC(=O)CCc1cc(OC)cs1. The number of rotatable bonds is 4. The summed E-state index contributed by atoms with van der Waals surface area (Å²) in [6.07, 6.45) is 1.15. The number of esters is 1. The second-order valence-corrected chi connectivity index (χ2v) is 3.52. The second-order valence-electron chi connectivity index (χ2n) is 2.53. The van der Waals surface area contributed by atoms with E-state index >= 15 is 0 Å². The standard InChI is InChI=1S/C9H12O3S/c1-11-7-5-8(13-6-7)3-4-9(10)12-2/h5-6H,3-4H2,1-2H3. The fourth-order valence-electron chi connectivity index (χ4n) is 0.926. The highest BCUT2D eigenvalue weighted by Crippen LogP contribution is 2.22. The van der Waals surface area contributed by atoms with Gasteiger partial charge in [-0.2, -0.15) is 0 Å². The van der Waals surface area contributed by atoms with Crippen LogP contribution in [0.15, 0.2) is 11.4 Å². The average Bonchev–Trinajstić information content (AvgIpc) is 2.61. The van der Waals surface area contributed by atoms with Gasteiger partial charge in [-0.15, -0.1) is 11.3 Å². The lowest BCUT2D eigenvalue weighted by molar-refractivity contribution is -0.140. The van der Waals surface area contributed by atoms with Crippen LogP contribution < -0.4 is 4.74 Å². The number of hydrogen-bond acceptors (Lipinski definition) is 4. The Morgan fingerprint density at radius 1 is 1.54 bits per heavy atom. The van der Waals surface area contributed by atoms with Crippen LogP contribution in [0.2, 0.25) is 0 Å². The maximum Gasteiger partial charge on any atom is 0.305 e. The molecule has 0 aliphatic carbocycles. The van der Waals surface area contributed by atoms with E-state index in [2.05, 4.69) is 4.74 Å². The van der Waals surface area contributed by atoms with Crippen molar-refractivity contribution in [2.24, 2.45) is 0 Å². The summed E-state index contributed by atoms with van der Waals surface area (Å²) in [5, 5.41) is 1.92. The number of thiophene rings is 1. The molecule has 0 spiro atoms. The van der Waals surface area contributed by atoms with Crippen molar-refractivity contribution in [3.8, 4) is 5.75 Å². The van der Waals surface area contributed by atoms with Crippen molar-refractivity contribution in [1.82, 2.24) is 0 Å². The molecular formula is C9H12O3S. The van der Waals surface area contributed by atoms with Crippen LogP contribution in [-0.2, 0) is 16.0 Å². The minimum absolute atomic E-state index is 0.174. The third-order valence-electron chi connectivity index (χ3n) is 1.67. The van der Waals surface area contributed by atoms with Crippen molar-refractivity contribution in [1.29, 1.82) is 0 Å². The Balaban J connectivity index is 2.41. The van der Waals surface area contributed by atoms with Gasteiger partial charge in [-0.05, 0) is 12.5 Å². The Labute approximate surface area is 81.3 Å². The minimum atomic E-state index is -0.174. The summed E-state index contributed by atoms with van der Waals surface area (Å²) >= 11 is 1.59. The third kappa shape index (κ3) is 3.06. The van der Waals surface area contributed by atoms with E-state index in [4.69, 9.17) is 4.74 Å². The van der Waals surface area contributed by atoms with Crippen LogP contribution in [0.4, 0.5) is 0 Å². The third-order valence-corrected chi connectivity index (χ3v) is 2.64. The van der Waals surface area contributed by atoms with Gasteiger partial charge in [0, 0.05) is 10.3 Å². The van der Waals surface area contributed by atoms with Gasteiger partial charge in [0.25, 0.3) is 0 Å². The molecule has 3 nitrogen and oxygen atoms in total. The lowest BCUT2D eigenvalue weighted by Gasteiger charge is -1.96. The molecule has 0 unspecified atom stereocenters. The van der Waals surface area contributed by atoms with Crippen LogP contribution >= 0.6 is 11.3 Å². The van der Waals surface area contributed by atoms with Gasteiger partial charge in [0.2, 0.25) is 0 Å². The van der Waals surface area contributed by atoms with E-state index in [-0.39, 0.29) is 5.97 Å². The summed E-state index contributed by atoms with van der Waals surface area (Å²) in [5.74, 6) is 0.678. The van der Waals surface area contributed by atoms with E-state index in [1.165, 1.54) is 7.11 Å². The maximum atomic E-state index is 10.8. The fraction of sp³-hybridized carbons (Fsp3) is 0.444. The van der Waals surface area contributed by atoms with E-state index in [1.54, 1.807) is 18.4 Å². The molecule has 0 saturated heterocycles. The first-order valence-corrected chi connectivity index (χ1v) is 4.82. The predicted octanol–water partition coefficient (Wildman–Crippen LogP) is 1.86. The van der Waals surface area contributed by atoms with Gasteiger partial charge in [0.1, 0.15) is 5.75 Å². The van der Waals surface area contributed by atoms with Crippen LogP contribution in [0.25, 0.3) is 0 Å². The number of carbonyl (C=O) groups is 1. The molecule has 1 aromatic rings. The van der Waals surface area contributed by atoms with E-state index in [1.807, 2.05) is 11.4 Å². The first kappa shape index (κ1) is 10.1. The van der Waals surface area contributed by atoms with Crippen LogP contribution in [0.3, 0.4) is 0 Å². The summed E-state index contributed by atoms with van der Waals surface area (Å²) in [6, 6.07) is 1.94. The molecule has 0 aliphatic heterocycles. The molecular weight excluding hydrogens is 188 g/mol.